The molecule has 1 aromatic carbocycles. The van der Waals surface area contributed by atoms with Crippen LogP contribution in [0.2, 0.25) is 0 Å². The second kappa shape index (κ2) is 5.66. The number of H-pyrrole nitrogens is 1. The topological polar surface area (TPSA) is 105 Å². The minimum Gasteiger partial charge on any atom is -0.367 e. The Labute approximate surface area is 120 Å². The van der Waals surface area contributed by atoms with E-state index in [1.807, 2.05) is 0 Å². The lowest BCUT2D eigenvalue weighted by Gasteiger charge is -2.05. The van der Waals surface area contributed by atoms with Crippen LogP contribution in [0, 0.1) is 10.1 Å². The second-order valence-electron chi connectivity index (χ2n) is 3.80. The molecule has 2 aromatic rings. The van der Waals surface area contributed by atoms with Crippen LogP contribution in [0.25, 0.3) is 0 Å². The number of benzene rings is 1. The monoisotopic (exact) mass is 337 g/mol. The summed E-state index contributed by atoms with van der Waals surface area (Å²) in [5, 5.41) is 13.2. The standard InChI is InChI=1S/C12H8BrN3O4/c13-9-5-7(1-2-10(9)16(19)20)15-12(18)8-6-14-4-3-11(8)17/h1-6H,(H,14,17)(H,15,18). The summed E-state index contributed by atoms with van der Waals surface area (Å²) in [6.45, 7) is 0. The largest absolute Gasteiger partial charge is 0.367 e. The Hall–Kier alpha value is -2.48. The first-order valence-electron chi connectivity index (χ1n) is 5.41. The molecule has 0 unspecified atom stereocenters. The zero-order valence-electron chi connectivity index (χ0n) is 9.92. The van der Waals surface area contributed by atoms with Gasteiger partial charge < -0.3 is 10.3 Å². The molecule has 0 aliphatic heterocycles. The van der Waals surface area contributed by atoms with E-state index >= 15 is 0 Å². The van der Waals surface area contributed by atoms with Crippen LogP contribution < -0.4 is 10.7 Å². The van der Waals surface area contributed by atoms with Crippen molar-refractivity contribution in [3.63, 3.8) is 0 Å². The van der Waals surface area contributed by atoms with Crippen molar-refractivity contribution in [2.45, 2.75) is 0 Å². The number of aromatic amines is 1. The highest BCUT2D eigenvalue weighted by Gasteiger charge is 2.14. The number of pyridine rings is 1. The SMILES string of the molecule is O=C(Nc1ccc([N+](=O)[O-])c(Br)c1)c1c[nH]ccc1=O. The normalized spacial score (nSPS) is 10.1. The van der Waals surface area contributed by atoms with Crippen LogP contribution in [-0.4, -0.2) is 15.8 Å². The Morgan fingerprint density at radius 3 is 2.70 bits per heavy atom. The molecule has 0 atom stereocenters. The van der Waals surface area contributed by atoms with Crippen LogP contribution in [0.15, 0.2) is 45.9 Å². The minimum atomic E-state index is -0.590. The average molecular weight is 338 g/mol. The van der Waals surface area contributed by atoms with Crippen LogP contribution in [0.5, 0.6) is 0 Å². The fourth-order valence-corrected chi connectivity index (χ4v) is 2.05. The number of hydrogen-bond acceptors (Lipinski definition) is 4. The molecule has 20 heavy (non-hydrogen) atoms. The highest BCUT2D eigenvalue weighted by atomic mass is 79.9. The summed E-state index contributed by atoms with van der Waals surface area (Å²) >= 11 is 3.05. The molecule has 0 saturated carbocycles. The van der Waals surface area contributed by atoms with Crippen LogP contribution in [0.1, 0.15) is 10.4 Å². The molecule has 0 spiro atoms. The van der Waals surface area contributed by atoms with E-state index in [0.717, 1.165) is 0 Å². The average Bonchev–Trinajstić information content (AvgIpc) is 2.38. The van der Waals surface area contributed by atoms with Gasteiger partial charge in [-0.2, -0.15) is 0 Å². The van der Waals surface area contributed by atoms with Crippen molar-refractivity contribution >= 4 is 33.2 Å². The zero-order chi connectivity index (χ0) is 14.7. The van der Waals surface area contributed by atoms with E-state index in [2.05, 4.69) is 26.2 Å². The maximum Gasteiger partial charge on any atom is 0.283 e. The molecule has 102 valence electrons. The fourth-order valence-electron chi connectivity index (χ4n) is 1.52. The summed E-state index contributed by atoms with van der Waals surface area (Å²) < 4.78 is 0.238. The van der Waals surface area contributed by atoms with Gasteiger partial charge in [-0.25, -0.2) is 0 Å². The summed E-state index contributed by atoms with van der Waals surface area (Å²) in [7, 11) is 0. The van der Waals surface area contributed by atoms with Gasteiger partial charge in [0.15, 0.2) is 5.43 Å². The smallest absolute Gasteiger partial charge is 0.283 e. The lowest BCUT2D eigenvalue weighted by Crippen LogP contribution is -2.20. The van der Waals surface area contributed by atoms with Gasteiger partial charge in [-0.15, -0.1) is 0 Å². The van der Waals surface area contributed by atoms with Crippen molar-refractivity contribution in [3.05, 3.63) is 67.0 Å². The fraction of sp³-hybridized carbons (Fsp3) is 0. The number of halogens is 1. The summed E-state index contributed by atoms with van der Waals surface area (Å²) in [4.78, 5) is 36.1. The van der Waals surface area contributed by atoms with E-state index in [4.69, 9.17) is 0 Å². The van der Waals surface area contributed by atoms with Crippen molar-refractivity contribution in [2.75, 3.05) is 5.32 Å². The predicted octanol–water partition coefficient (Wildman–Crippen LogP) is 2.30. The summed E-state index contributed by atoms with van der Waals surface area (Å²) in [5.41, 5.74) is -0.222. The Kier molecular flexibility index (Phi) is 3.94. The van der Waals surface area contributed by atoms with Crippen LogP contribution in [0.3, 0.4) is 0 Å². The predicted molar refractivity (Wildman–Crippen MR) is 75.8 cm³/mol. The number of anilines is 1. The van der Waals surface area contributed by atoms with Gasteiger partial charge in [0.1, 0.15) is 5.56 Å². The van der Waals surface area contributed by atoms with E-state index < -0.39 is 16.3 Å². The number of carbonyl (C=O) groups excluding carboxylic acids is 1. The van der Waals surface area contributed by atoms with Gasteiger partial charge in [-0.05, 0) is 28.1 Å². The molecule has 0 fully saturated rings. The number of aromatic nitrogens is 1. The van der Waals surface area contributed by atoms with E-state index in [-0.39, 0.29) is 15.7 Å². The van der Waals surface area contributed by atoms with Gasteiger partial charge in [0.05, 0.1) is 9.40 Å². The number of hydrogen-bond donors (Lipinski definition) is 2. The zero-order valence-corrected chi connectivity index (χ0v) is 11.5. The highest BCUT2D eigenvalue weighted by molar-refractivity contribution is 9.10. The number of carbonyl (C=O) groups is 1. The Morgan fingerprint density at radius 2 is 2.10 bits per heavy atom. The van der Waals surface area contributed by atoms with Crippen molar-refractivity contribution in [3.8, 4) is 0 Å². The minimum absolute atomic E-state index is 0.0398. The molecule has 8 heteroatoms. The van der Waals surface area contributed by atoms with Gasteiger partial charge in [0, 0.05) is 30.2 Å². The van der Waals surface area contributed by atoms with Gasteiger partial charge >= 0.3 is 0 Å². The van der Waals surface area contributed by atoms with Gasteiger partial charge in [0.25, 0.3) is 11.6 Å². The number of nitrogens with one attached hydrogen (secondary N) is 2. The molecule has 0 radical (unpaired) electrons. The lowest BCUT2D eigenvalue weighted by atomic mass is 10.2. The molecule has 0 bridgehead atoms. The van der Waals surface area contributed by atoms with E-state index in [9.17, 15) is 19.7 Å². The maximum atomic E-state index is 11.9. The van der Waals surface area contributed by atoms with Crippen molar-refractivity contribution in [2.24, 2.45) is 0 Å². The second-order valence-corrected chi connectivity index (χ2v) is 4.65. The molecule has 7 nitrogen and oxygen atoms in total. The Morgan fingerprint density at radius 1 is 1.35 bits per heavy atom. The third-order valence-electron chi connectivity index (χ3n) is 2.47. The van der Waals surface area contributed by atoms with Crippen molar-refractivity contribution in [1.29, 1.82) is 0 Å². The number of nitrogens with zero attached hydrogens (tertiary/aromatic N) is 1. The van der Waals surface area contributed by atoms with Crippen LogP contribution in [0.4, 0.5) is 11.4 Å². The molecule has 0 aliphatic rings. The van der Waals surface area contributed by atoms with Crippen LogP contribution in [-0.2, 0) is 0 Å². The number of amides is 1. The first-order chi connectivity index (χ1) is 9.49. The molecule has 2 rings (SSSR count). The van der Waals surface area contributed by atoms with Crippen molar-refractivity contribution < 1.29 is 9.72 Å². The number of nitro benzene ring substituents is 1. The molecule has 1 aromatic heterocycles. The Balaban J connectivity index is 2.25. The molecule has 0 aliphatic carbocycles. The summed E-state index contributed by atoms with van der Waals surface area (Å²) in [6, 6.07) is 5.28. The number of rotatable bonds is 3. The molecule has 2 N–H and O–H groups in total. The van der Waals surface area contributed by atoms with E-state index in [1.54, 1.807) is 0 Å². The molecular weight excluding hydrogens is 330 g/mol. The van der Waals surface area contributed by atoms with Gasteiger partial charge in [-0.1, -0.05) is 0 Å². The first-order valence-corrected chi connectivity index (χ1v) is 6.21. The number of nitro groups is 1. The third kappa shape index (κ3) is 2.91. The van der Waals surface area contributed by atoms with Crippen molar-refractivity contribution in [1.82, 2.24) is 4.98 Å². The van der Waals surface area contributed by atoms with Gasteiger partial charge in [0.2, 0.25) is 0 Å². The molecule has 1 heterocycles. The summed E-state index contributed by atoms with van der Waals surface area (Å²) in [5.74, 6) is -0.590. The first kappa shape index (κ1) is 13.9. The summed E-state index contributed by atoms with van der Waals surface area (Å²) in [6.07, 6.45) is 2.71. The highest BCUT2D eigenvalue weighted by Crippen LogP contribution is 2.27. The van der Waals surface area contributed by atoms with Gasteiger partial charge in [-0.3, -0.25) is 19.7 Å². The molecule has 1 amide bonds. The third-order valence-corrected chi connectivity index (χ3v) is 3.11. The van der Waals surface area contributed by atoms with E-state index in [0.29, 0.717) is 5.69 Å². The lowest BCUT2D eigenvalue weighted by molar-refractivity contribution is -0.385. The molecule has 0 saturated heterocycles. The molecular formula is C12H8BrN3O4. The van der Waals surface area contributed by atoms with Crippen LogP contribution >= 0.6 is 15.9 Å². The quantitative estimate of drug-likeness (QED) is 0.662. The Bertz CT molecular complexity index is 741. The maximum absolute atomic E-state index is 11.9. The van der Waals surface area contributed by atoms with E-state index in [1.165, 1.54) is 36.7 Å².